The average Bonchev–Trinajstić information content (AvgIpc) is 2.58. The number of piperidine rings is 1. The molecule has 4 nitrogen and oxygen atoms in total. The van der Waals surface area contributed by atoms with Crippen molar-refractivity contribution in [3.8, 4) is 0 Å². The minimum Gasteiger partial charge on any atom is -0.369 e. The molecule has 0 saturated carbocycles. The molecule has 0 radical (unpaired) electrons. The Morgan fingerprint density at radius 2 is 1.46 bits per heavy atom. The van der Waals surface area contributed by atoms with Gasteiger partial charge in [0, 0.05) is 45.0 Å². The Balaban J connectivity index is 1.47. The van der Waals surface area contributed by atoms with Crippen LogP contribution in [0.25, 0.3) is 0 Å². The van der Waals surface area contributed by atoms with Gasteiger partial charge in [0.2, 0.25) is 0 Å². The van der Waals surface area contributed by atoms with Crippen LogP contribution < -0.4 is 4.90 Å². The fourth-order valence-electron chi connectivity index (χ4n) is 3.94. The van der Waals surface area contributed by atoms with Crippen LogP contribution in [0.5, 0.6) is 0 Å². The predicted octanol–water partition coefficient (Wildman–Crippen LogP) is 2.21. The van der Waals surface area contributed by atoms with Crippen molar-refractivity contribution in [2.75, 3.05) is 71.9 Å². The van der Waals surface area contributed by atoms with Crippen molar-refractivity contribution >= 4 is 5.69 Å². The van der Waals surface area contributed by atoms with Crippen molar-refractivity contribution in [1.82, 2.24) is 14.7 Å². The Morgan fingerprint density at radius 3 is 2.08 bits per heavy atom. The summed E-state index contributed by atoms with van der Waals surface area (Å²) in [6.45, 7) is 9.44. The number of rotatable bonds is 5. The molecule has 0 aromatic heterocycles. The molecule has 2 heterocycles. The van der Waals surface area contributed by atoms with E-state index >= 15 is 0 Å². The first-order chi connectivity index (χ1) is 11.6. The lowest BCUT2D eigenvalue weighted by Crippen LogP contribution is -2.44. The smallest absolute Gasteiger partial charge is 0.0367 e. The van der Waals surface area contributed by atoms with Crippen LogP contribution in [0, 0.1) is 5.92 Å². The quantitative estimate of drug-likeness (QED) is 0.820. The van der Waals surface area contributed by atoms with Crippen molar-refractivity contribution in [3.63, 3.8) is 0 Å². The third kappa shape index (κ3) is 4.95. The van der Waals surface area contributed by atoms with E-state index in [9.17, 15) is 0 Å². The lowest BCUT2D eigenvalue weighted by molar-refractivity contribution is 0.173. The molecule has 2 aliphatic rings. The highest BCUT2D eigenvalue weighted by Gasteiger charge is 2.18. The lowest BCUT2D eigenvalue weighted by Gasteiger charge is -2.34. The molecule has 2 saturated heterocycles. The van der Waals surface area contributed by atoms with E-state index in [0.717, 1.165) is 25.6 Å². The number of piperazine rings is 1. The maximum absolute atomic E-state index is 2.51. The summed E-state index contributed by atoms with van der Waals surface area (Å²) >= 11 is 0. The molecule has 0 unspecified atom stereocenters. The van der Waals surface area contributed by atoms with Gasteiger partial charge in [-0.15, -0.1) is 0 Å². The summed E-state index contributed by atoms with van der Waals surface area (Å²) in [6, 6.07) is 9.26. The molecular weight excluding hydrogens is 296 g/mol. The van der Waals surface area contributed by atoms with Gasteiger partial charge in [-0.05, 0) is 70.7 Å². The standard InChI is InChI=1S/C20H34N4/c1-21-10-8-19(9-11-21)17-23(3)16-18-4-6-20(7-5-18)24-14-12-22(2)13-15-24/h4-7,19H,8-17H2,1-3H3. The van der Waals surface area contributed by atoms with Gasteiger partial charge in [0.25, 0.3) is 0 Å². The second-order valence-electron chi connectivity index (χ2n) is 7.90. The van der Waals surface area contributed by atoms with Crippen molar-refractivity contribution < 1.29 is 0 Å². The van der Waals surface area contributed by atoms with Gasteiger partial charge in [0.1, 0.15) is 0 Å². The van der Waals surface area contributed by atoms with Gasteiger partial charge >= 0.3 is 0 Å². The molecule has 1 aromatic carbocycles. The van der Waals surface area contributed by atoms with Crippen molar-refractivity contribution in [3.05, 3.63) is 29.8 Å². The van der Waals surface area contributed by atoms with Gasteiger partial charge in [-0.3, -0.25) is 0 Å². The second kappa shape index (κ2) is 8.32. The maximum Gasteiger partial charge on any atom is 0.0367 e. The average molecular weight is 331 g/mol. The highest BCUT2D eigenvalue weighted by molar-refractivity contribution is 5.48. The SMILES string of the molecule is CN1CCC(CN(C)Cc2ccc(N3CCN(C)CC3)cc2)CC1. The van der Waals surface area contributed by atoms with Gasteiger partial charge in [-0.1, -0.05) is 12.1 Å². The summed E-state index contributed by atoms with van der Waals surface area (Å²) in [5.74, 6) is 0.871. The van der Waals surface area contributed by atoms with E-state index in [1.165, 1.54) is 56.8 Å². The number of nitrogens with zero attached hydrogens (tertiary/aromatic N) is 4. The number of anilines is 1. The van der Waals surface area contributed by atoms with Gasteiger partial charge in [-0.25, -0.2) is 0 Å². The zero-order chi connectivity index (χ0) is 16.9. The lowest BCUT2D eigenvalue weighted by atomic mass is 9.96. The second-order valence-corrected chi connectivity index (χ2v) is 7.90. The van der Waals surface area contributed by atoms with Crippen molar-refractivity contribution in [2.24, 2.45) is 5.92 Å². The van der Waals surface area contributed by atoms with Gasteiger partial charge < -0.3 is 19.6 Å². The van der Waals surface area contributed by atoms with E-state index in [2.05, 4.69) is 65.0 Å². The zero-order valence-corrected chi connectivity index (χ0v) is 15.7. The number of likely N-dealkylation sites (tertiary alicyclic amines) is 1. The number of hydrogen-bond donors (Lipinski definition) is 0. The summed E-state index contributed by atoms with van der Waals surface area (Å²) in [6.07, 6.45) is 2.70. The summed E-state index contributed by atoms with van der Waals surface area (Å²) in [4.78, 5) is 9.86. The summed E-state index contributed by atoms with van der Waals surface area (Å²) in [7, 11) is 6.72. The zero-order valence-electron chi connectivity index (χ0n) is 15.7. The Morgan fingerprint density at radius 1 is 0.875 bits per heavy atom. The maximum atomic E-state index is 2.51. The van der Waals surface area contributed by atoms with Crippen molar-refractivity contribution in [2.45, 2.75) is 19.4 Å². The summed E-state index contributed by atoms with van der Waals surface area (Å²) < 4.78 is 0. The van der Waals surface area contributed by atoms with Crippen LogP contribution in [0.4, 0.5) is 5.69 Å². The van der Waals surface area contributed by atoms with Crippen LogP contribution in [-0.4, -0.2) is 81.7 Å². The van der Waals surface area contributed by atoms with Crippen LogP contribution in [0.2, 0.25) is 0 Å². The Bertz CT molecular complexity index is 485. The van der Waals surface area contributed by atoms with E-state index in [1.807, 2.05) is 0 Å². The fourth-order valence-corrected chi connectivity index (χ4v) is 3.94. The monoisotopic (exact) mass is 330 g/mol. The van der Waals surface area contributed by atoms with Gasteiger partial charge in [-0.2, -0.15) is 0 Å². The molecule has 0 bridgehead atoms. The predicted molar refractivity (Wildman–Crippen MR) is 103 cm³/mol. The molecule has 0 atom stereocenters. The van der Waals surface area contributed by atoms with E-state index in [0.29, 0.717) is 0 Å². The molecule has 2 aliphatic heterocycles. The molecule has 4 heteroatoms. The van der Waals surface area contributed by atoms with Gasteiger partial charge in [0.15, 0.2) is 0 Å². The van der Waals surface area contributed by atoms with E-state index in [4.69, 9.17) is 0 Å². The molecule has 1 aromatic rings. The first kappa shape index (κ1) is 17.7. The molecule has 134 valence electrons. The van der Waals surface area contributed by atoms with Crippen LogP contribution >= 0.6 is 0 Å². The Kier molecular flexibility index (Phi) is 6.14. The molecule has 0 aliphatic carbocycles. The van der Waals surface area contributed by atoms with E-state index in [1.54, 1.807) is 0 Å². The fraction of sp³-hybridized carbons (Fsp3) is 0.700. The van der Waals surface area contributed by atoms with Crippen molar-refractivity contribution in [1.29, 1.82) is 0 Å². The third-order valence-electron chi connectivity index (χ3n) is 5.67. The molecule has 24 heavy (non-hydrogen) atoms. The summed E-state index contributed by atoms with van der Waals surface area (Å²) in [5.41, 5.74) is 2.81. The van der Waals surface area contributed by atoms with Gasteiger partial charge in [0.05, 0.1) is 0 Å². The van der Waals surface area contributed by atoms with E-state index in [-0.39, 0.29) is 0 Å². The van der Waals surface area contributed by atoms with Crippen LogP contribution in [0.15, 0.2) is 24.3 Å². The first-order valence-electron chi connectivity index (χ1n) is 9.49. The number of likely N-dealkylation sites (N-methyl/N-ethyl adjacent to an activating group) is 1. The highest BCUT2D eigenvalue weighted by Crippen LogP contribution is 2.20. The normalized spacial score (nSPS) is 21.6. The Hall–Kier alpha value is -1.10. The summed E-state index contributed by atoms with van der Waals surface area (Å²) in [5, 5.41) is 0. The molecule has 0 N–H and O–H groups in total. The topological polar surface area (TPSA) is 13.0 Å². The molecule has 0 amide bonds. The van der Waals surface area contributed by atoms with E-state index < -0.39 is 0 Å². The first-order valence-corrected chi connectivity index (χ1v) is 9.49. The largest absolute Gasteiger partial charge is 0.369 e. The number of benzene rings is 1. The van der Waals surface area contributed by atoms with Crippen LogP contribution in [0.1, 0.15) is 18.4 Å². The minimum atomic E-state index is 0.871. The van der Waals surface area contributed by atoms with Crippen LogP contribution in [0.3, 0.4) is 0 Å². The molecule has 3 rings (SSSR count). The Labute approximate surface area is 148 Å². The molecule has 2 fully saturated rings. The number of hydrogen-bond acceptors (Lipinski definition) is 4. The molecular formula is C20H34N4. The highest BCUT2D eigenvalue weighted by atomic mass is 15.2. The third-order valence-corrected chi connectivity index (χ3v) is 5.67. The minimum absolute atomic E-state index is 0.871. The molecule has 0 spiro atoms. The van der Waals surface area contributed by atoms with Crippen LogP contribution in [-0.2, 0) is 6.54 Å².